The average Bonchev–Trinajstić information content (AvgIpc) is 2.92. The predicted octanol–water partition coefficient (Wildman–Crippen LogP) is 3.61. The van der Waals surface area contributed by atoms with Crippen LogP contribution in [0, 0.1) is 0 Å². The summed E-state index contributed by atoms with van der Waals surface area (Å²) in [6.07, 6.45) is 2.45. The van der Waals surface area contributed by atoms with E-state index in [-0.39, 0.29) is 17.6 Å². The maximum Gasteiger partial charge on any atom is 0.253 e. The van der Waals surface area contributed by atoms with Crippen molar-refractivity contribution >= 4 is 21.6 Å². The Balaban J connectivity index is 2.45. The molecule has 140 valence electrons. The molecule has 1 fully saturated rings. The van der Waals surface area contributed by atoms with E-state index in [0.717, 1.165) is 31.5 Å². The number of amides is 1. The van der Waals surface area contributed by atoms with Crippen molar-refractivity contribution in [3.8, 4) is 0 Å². The van der Waals surface area contributed by atoms with Gasteiger partial charge in [0, 0.05) is 25.2 Å². The summed E-state index contributed by atoms with van der Waals surface area (Å²) in [5, 5.41) is 0. The van der Waals surface area contributed by atoms with Crippen LogP contribution in [0.2, 0.25) is 0 Å². The van der Waals surface area contributed by atoms with Gasteiger partial charge in [-0.3, -0.25) is 9.10 Å². The molecule has 2 rings (SSSR count). The highest BCUT2D eigenvalue weighted by atomic mass is 32.2. The minimum atomic E-state index is -3.26. The Hall–Kier alpha value is -1.56. The molecule has 25 heavy (non-hydrogen) atoms. The van der Waals surface area contributed by atoms with Gasteiger partial charge in [0.15, 0.2) is 0 Å². The number of nitrogens with zero attached hydrogens (tertiary/aromatic N) is 2. The van der Waals surface area contributed by atoms with E-state index in [2.05, 4.69) is 27.7 Å². The summed E-state index contributed by atoms with van der Waals surface area (Å²) in [6, 6.07) is 5.57. The van der Waals surface area contributed by atoms with E-state index in [1.807, 2.05) is 17.0 Å². The minimum Gasteiger partial charge on any atom is -0.339 e. The van der Waals surface area contributed by atoms with Crippen molar-refractivity contribution in [1.82, 2.24) is 4.90 Å². The monoisotopic (exact) mass is 366 g/mol. The zero-order valence-corrected chi connectivity index (χ0v) is 16.6. The number of hydrogen-bond donors (Lipinski definition) is 0. The number of hydrogen-bond acceptors (Lipinski definition) is 3. The maximum absolute atomic E-state index is 13.0. The second-order valence-corrected chi connectivity index (χ2v) is 9.01. The van der Waals surface area contributed by atoms with Gasteiger partial charge in [-0.25, -0.2) is 8.42 Å². The summed E-state index contributed by atoms with van der Waals surface area (Å²) < 4.78 is 26.0. The molecular weight excluding hydrogens is 336 g/mol. The number of rotatable bonds is 7. The standard InChI is InChI=1S/C19H30N2O3S/c1-5-8-20(9-6-2)19(22)17-12-16(15(3)4)13-18(14-17)21-10-7-11-25(21,23)24/h12-15H,5-11H2,1-4H3. The Morgan fingerprint density at radius 2 is 1.80 bits per heavy atom. The zero-order chi connectivity index (χ0) is 18.6. The summed E-state index contributed by atoms with van der Waals surface area (Å²) in [4.78, 5) is 14.8. The van der Waals surface area contributed by atoms with E-state index in [4.69, 9.17) is 0 Å². The summed E-state index contributed by atoms with van der Waals surface area (Å²) >= 11 is 0. The molecule has 6 heteroatoms. The van der Waals surface area contributed by atoms with Gasteiger partial charge in [-0.05, 0) is 48.9 Å². The van der Waals surface area contributed by atoms with Crippen molar-refractivity contribution in [3.63, 3.8) is 0 Å². The number of anilines is 1. The molecule has 0 radical (unpaired) electrons. The SMILES string of the molecule is CCCN(CCC)C(=O)c1cc(C(C)C)cc(N2CCCS2(=O)=O)c1. The van der Waals surface area contributed by atoms with Crippen molar-refractivity contribution < 1.29 is 13.2 Å². The fraction of sp³-hybridized carbons (Fsp3) is 0.632. The van der Waals surface area contributed by atoms with Gasteiger partial charge < -0.3 is 4.90 Å². The van der Waals surface area contributed by atoms with Gasteiger partial charge in [0.05, 0.1) is 11.4 Å². The van der Waals surface area contributed by atoms with Crippen LogP contribution in [-0.4, -0.2) is 44.6 Å². The summed E-state index contributed by atoms with van der Waals surface area (Å²) in [7, 11) is -3.26. The molecule has 1 heterocycles. The molecule has 0 N–H and O–H groups in total. The van der Waals surface area contributed by atoms with Gasteiger partial charge >= 0.3 is 0 Å². The van der Waals surface area contributed by atoms with Crippen LogP contribution in [-0.2, 0) is 10.0 Å². The van der Waals surface area contributed by atoms with Crippen LogP contribution >= 0.6 is 0 Å². The van der Waals surface area contributed by atoms with Crippen LogP contribution in [0.4, 0.5) is 5.69 Å². The van der Waals surface area contributed by atoms with Gasteiger partial charge in [0.25, 0.3) is 5.91 Å². The molecule has 0 saturated carbocycles. The molecular formula is C19H30N2O3S. The van der Waals surface area contributed by atoms with Gasteiger partial charge in [-0.1, -0.05) is 27.7 Å². The highest BCUT2D eigenvalue weighted by Gasteiger charge is 2.29. The van der Waals surface area contributed by atoms with Crippen molar-refractivity contribution in [2.75, 3.05) is 29.7 Å². The molecule has 0 bridgehead atoms. The second kappa shape index (κ2) is 8.21. The predicted molar refractivity (Wildman–Crippen MR) is 103 cm³/mol. The first-order valence-electron chi connectivity index (χ1n) is 9.24. The number of carbonyl (C=O) groups is 1. The maximum atomic E-state index is 13.0. The van der Waals surface area contributed by atoms with Crippen LogP contribution in [0.3, 0.4) is 0 Å². The van der Waals surface area contributed by atoms with E-state index in [0.29, 0.717) is 24.2 Å². The fourth-order valence-corrected chi connectivity index (χ4v) is 4.75. The molecule has 0 spiro atoms. The first kappa shape index (κ1) is 19.8. The Labute approximate surface area is 152 Å². The number of carbonyl (C=O) groups excluding carboxylic acids is 1. The molecule has 0 unspecified atom stereocenters. The van der Waals surface area contributed by atoms with Crippen molar-refractivity contribution in [1.29, 1.82) is 0 Å². The Kier molecular flexibility index (Phi) is 6.49. The van der Waals surface area contributed by atoms with Crippen LogP contribution in [0.1, 0.15) is 68.8 Å². The highest BCUT2D eigenvalue weighted by Crippen LogP contribution is 2.29. The highest BCUT2D eigenvalue weighted by molar-refractivity contribution is 7.93. The third-order valence-corrected chi connectivity index (χ3v) is 6.38. The molecule has 1 amide bonds. The first-order valence-corrected chi connectivity index (χ1v) is 10.9. The van der Waals surface area contributed by atoms with Gasteiger partial charge in [-0.2, -0.15) is 0 Å². The van der Waals surface area contributed by atoms with Crippen LogP contribution in [0.15, 0.2) is 18.2 Å². The third kappa shape index (κ3) is 4.54. The summed E-state index contributed by atoms with van der Waals surface area (Å²) in [5.74, 6) is 0.395. The van der Waals surface area contributed by atoms with E-state index in [1.54, 1.807) is 6.07 Å². The number of sulfonamides is 1. The smallest absolute Gasteiger partial charge is 0.253 e. The lowest BCUT2D eigenvalue weighted by Crippen LogP contribution is -2.33. The largest absolute Gasteiger partial charge is 0.339 e. The second-order valence-electron chi connectivity index (χ2n) is 7.00. The van der Waals surface area contributed by atoms with Gasteiger partial charge in [-0.15, -0.1) is 0 Å². The molecule has 0 atom stereocenters. The van der Waals surface area contributed by atoms with Crippen LogP contribution in [0.5, 0.6) is 0 Å². The van der Waals surface area contributed by atoms with E-state index in [1.165, 1.54) is 4.31 Å². The molecule has 5 nitrogen and oxygen atoms in total. The lowest BCUT2D eigenvalue weighted by atomic mass is 9.99. The fourth-order valence-electron chi connectivity index (χ4n) is 3.20. The van der Waals surface area contributed by atoms with E-state index in [9.17, 15) is 13.2 Å². The van der Waals surface area contributed by atoms with E-state index < -0.39 is 10.0 Å². The molecule has 1 aromatic carbocycles. The van der Waals surface area contributed by atoms with Gasteiger partial charge in [0.1, 0.15) is 0 Å². The minimum absolute atomic E-state index is 0.0101. The van der Waals surface area contributed by atoms with Crippen molar-refractivity contribution in [2.24, 2.45) is 0 Å². The quantitative estimate of drug-likeness (QED) is 0.741. The third-order valence-electron chi connectivity index (χ3n) is 4.52. The van der Waals surface area contributed by atoms with Crippen LogP contribution in [0.25, 0.3) is 0 Å². The Morgan fingerprint density at radius 1 is 1.16 bits per heavy atom. The topological polar surface area (TPSA) is 57.7 Å². The summed E-state index contributed by atoms with van der Waals surface area (Å²) in [6.45, 7) is 10.2. The summed E-state index contributed by atoms with van der Waals surface area (Å²) in [5.41, 5.74) is 2.21. The van der Waals surface area contributed by atoms with E-state index >= 15 is 0 Å². The average molecular weight is 367 g/mol. The molecule has 1 aliphatic rings. The molecule has 0 aromatic heterocycles. The molecule has 0 aliphatic carbocycles. The molecule has 1 aromatic rings. The molecule has 1 saturated heterocycles. The first-order chi connectivity index (χ1) is 11.8. The van der Waals surface area contributed by atoms with Crippen molar-refractivity contribution in [2.45, 2.75) is 52.9 Å². The van der Waals surface area contributed by atoms with Crippen molar-refractivity contribution in [3.05, 3.63) is 29.3 Å². The van der Waals surface area contributed by atoms with Crippen LogP contribution < -0.4 is 4.31 Å². The number of benzene rings is 1. The van der Waals surface area contributed by atoms with Gasteiger partial charge in [0.2, 0.25) is 10.0 Å². The lowest BCUT2D eigenvalue weighted by Gasteiger charge is -2.24. The zero-order valence-electron chi connectivity index (χ0n) is 15.8. The lowest BCUT2D eigenvalue weighted by molar-refractivity contribution is 0.0755. The Morgan fingerprint density at radius 3 is 2.28 bits per heavy atom. The normalized spacial score (nSPS) is 16.4. The Bertz CT molecular complexity index is 707. The molecule has 1 aliphatic heterocycles.